The molecule has 5 nitrogen and oxygen atoms in total. The Kier molecular flexibility index (Phi) is 6.42. The summed E-state index contributed by atoms with van der Waals surface area (Å²) in [5.41, 5.74) is 0.915. The summed E-state index contributed by atoms with van der Waals surface area (Å²) < 4.78 is 5.26. The molecule has 128 valence electrons. The lowest BCUT2D eigenvalue weighted by Gasteiger charge is -2.36. The highest BCUT2D eigenvalue weighted by Crippen LogP contribution is 2.19. The molecular formula is C18H28N2O3. The number of carbonyl (C=O) groups excluding carboxylic acids is 1. The topological polar surface area (TPSA) is 61.8 Å². The average molecular weight is 320 g/mol. The molecule has 5 heteroatoms. The lowest BCUT2D eigenvalue weighted by atomic mass is 9.92. The first kappa shape index (κ1) is 17.8. The third-order valence-electron chi connectivity index (χ3n) is 4.20. The van der Waals surface area contributed by atoms with E-state index in [4.69, 9.17) is 4.74 Å². The van der Waals surface area contributed by atoms with Gasteiger partial charge in [-0.1, -0.05) is 44.2 Å². The summed E-state index contributed by atoms with van der Waals surface area (Å²) >= 11 is 0. The Morgan fingerprint density at radius 3 is 2.57 bits per heavy atom. The van der Waals surface area contributed by atoms with Crippen LogP contribution in [0.5, 0.6) is 0 Å². The Morgan fingerprint density at radius 1 is 1.30 bits per heavy atom. The number of hydrogen-bond acceptors (Lipinski definition) is 4. The fourth-order valence-corrected chi connectivity index (χ4v) is 2.82. The van der Waals surface area contributed by atoms with Crippen molar-refractivity contribution >= 4 is 6.09 Å². The van der Waals surface area contributed by atoms with Crippen molar-refractivity contribution < 1.29 is 14.6 Å². The summed E-state index contributed by atoms with van der Waals surface area (Å²) in [6.45, 7) is 7.39. The zero-order valence-electron chi connectivity index (χ0n) is 14.1. The summed E-state index contributed by atoms with van der Waals surface area (Å²) in [4.78, 5) is 14.2. The van der Waals surface area contributed by atoms with E-state index in [1.165, 1.54) is 0 Å². The SMILES string of the molecule is CC(C)(CO)CN1CCC(NC(=O)OCc2ccccc2)CC1. The van der Waals surface area contributed by atoms with Crippen LogP contribution in [0.1, 0.15) is 32.3 Å². The van der Waals surface area contributed by atoms with Crippen LogP contribution in [0.2, 0.25) is 0 Å². The van der Waals surface area contributed by atoms with Gasteiger partial charge in [-0.2, -0.15) is 0 Å². The predicted molar refractivity (Wildman–Crippen MR) is 90.1 cm³/mol. The predicted octanol–water partition coefficient (Wildman–Crippen LogP) is 2.40. The molecule has 1 heterocycles. The number of nitrogens with zero attached hydrogens (tertiary/aromatic N) is 1. The van der Waals surface area contributed by atoms with Gasteiger partial charge in [0.05, 0.1) is 0 Å². The van der Waals surface area contributed by atoms with E-state index >= 15 is 0 Å². The zero-order valence-corrected chi connectivity index (χ0v) is 14.1. The summed E-state index contributed by atoms with van der Waals surface area (Å²) in [5.74, 6) is 0. The second kappa shape index (κ2) is 8.31. The fourth-order valence-electron chi connectivity index (χ4n) is 2.82. The van der Waals surface area contributed by atoms with Crippen molar-refractivity contribution in [1.29, 1.82) is 0 Å². The van der Waals surface area contributed by atoms with Crippen LogP contribution in [0.3, 0.4) is 0 Å². The molecule has 0 aromatic heterocycles. The number of rotatable bonds is 6. The van der Waals surface area contributed by atoms with Crippen molar-refractivity contribution in [2.75, 3.05) is 26.2 Å². The number of carbonyl (C=O) groups is 1. The van der Waals surface area contributed by atoms with Gasteiger partial charge >= 0.3 is 6.09 Å². The minimum absolute atomic E-state index is 0.0745. The first-order valence-electron chi connectivity index (χ1n) is 8.29. The minimum atomic E-state index is -0.344. The summed E-state index contributed by atoms with van der Waals surface area (Å²) in [6, 6.07) is 9.85. The molecule has 23 heavy (non-hydrogen) atoms. The van der Waals surface area contributed by atoms with Gasteiger partial charge in [0.25, 0.3) is 0 Å². The van der Waals surface area contributed by atoms with Crippen molar-refractivity contribution in [3.8, 4) is 0 Å². The molecule has 1 aliphatic rings. The van der Waals surface area contributed by atoms with E-state index in [1.54, 1.807) is 0 Å². The molecule has 0 bridgehead atoms. The second-order valence-corrected chi connectivity index (χ2v) is 7.08. The van der Waals surface area contributed by atoms with Crippen molar-refractivity contribution in [3.63, 3.8) is 0 Å². The van der Waals surface area contributed by atoms with Gasteiger partial charge in [-0.3, -0.25) is 0 Å². The maximum atomic E-state index is 11.9. The van der Waals surface area contributed by atoms with Crippen LogP contribution in [0.4, 0.5) is 4.79 Å². The molecule has 1 amide bonds. The van der Waals surface area contributed by atoms with Gasteiger partial charge in [0, 0.05) is 37.7 Å². The molecular weight excluding hydrogens is 292 g/mol. The average Bonchev–Trinajstić information content (AvgIpc) is 2.55. The van der Waals surface area contributed by atoms with Crippen LogP contribution in [-0.2, 0) is 11.3 Å². The molecule has 0 radical (unpaired) electrons. The smallest absolute Gasteiger partial charge is 0.407 e. The van der Waals surface area contributed by atoms with E-state index in [2.05, 4.69) is 24.1 Å². The molecule has 2 rings (SSSR count). The maximum absolute atomic E-state index is 11.9. The third kappa shape index (κ3) is 6.20. The number of piperidine rings is 1. The summed E-state index contributed by atoms with van der Waals surface area (Å²) in [7, 11) is 0. The number of ether oxygens (including phenoxy) is 1. The molecule has 1 aliphatic heterocycles. The van der Waals surface area contributed by atoms with Gasteiger partial charge in [0.1, 0.15) is 6.61 Å². The number of benzene rings is 1. The normalized spacial score (nSPS) is 17.0. The van der Waals surface area contributed by atoms with Gasteiger partial charge in [-0.05, 0) is 18.4 Å². The molecule has 1 fully saturated rings. The van der Waals surface area contributed by atoms with Crippen LogP contribution in [-0.4, -0.2) is 48.4 Å². The van der Waals surface area contributed by atoms with Crippen molar-refractivity contribution in [3.05, 3.63) is 35.9 Å². The molecule has 2 N–H and O–H groups in total. The molecule has 0 saturated carbocycles. The van der Waals surface area contributed by atoms with Crippen LogP contribution < -0.4 is 5.32 Å². The fraction of sp³-hybridized carbons (Fsp3) is 0.611. The molecule has 0 unspecified atom stereocenters. The van der Waals surface area contributed by atoms with E-state index in [9.17, 15) is 9.90 Å². The molecule has 0 atom stereocenters. The molecule has 0 aliphatic carbocycles. The molecule has 1 aromatic carbocycles. The Hall–Kier alpha value is -1.59. The third-order valence-corrected chi connectivity index (χ3v) is 4.20. The number of aliphatic hydroxyl groups excluding tert-OH is 1. The second-order valence-electron chi connectivity index (χ2n) is 7.08. The first-order chi connectivity index (χ1) is 11.0. The van der Waals surface area contributed by atoms with Crippen molar-refractivity contribution in [1.82, 2.24) is 10.2 Å². The van der Waals surface area contributed by atoms with E-state index < -0.39 is 0 Å². The minimum Gasteiger partial charge on any atom is -0.445 e. The van der Waals surface area contributed by atoms with E-state index in [-0.39, 0.29) is 24.2 Å². The lowest BCUT2D eigenvalue weighted by molar-refractivity contribution is 0.0829. The van der Waals surface area contributed by atoms with E-state index in [0.717, 1.165) is 38.0 Å². The highest BCUT2D eigenvalue weighted by Gasteiger charge is 2.26. The zero-order chi connectivity index (χ0) is 16.7. The highest BCUT2D eigenvalue weighted by atomic mass is 16.5. The molecule has 1 saturated heterocycles. The van der Waals surface area contributed by atoms with Crippen LogP contribution in [0, 0.1) is 5.41 Å². The summed E-state index contributed by atoms with van der Waals surface area (Å²) in [5, 5.41) is 12.3. The number of amides is 1. The highest BCUT2D eigenvalue weighted by molar-refractivity contribution is 5.67. The van der Waals surface area contributed by atoms with E-state index in [1.807, 2.05) is 30.3 Å². The number of aliphatic hydroxyl groups is 1. The summed E-state index contributed by atoms with van der Waals surface area (Å²) in [6.07, 6.45) is 1.49. The van der Waals surface area contributed by atoms with Crippen LogP contribution in [0.25, 0.3) is 0 Å². The van der Waals surface area contributed by atoms with Gasteiger partial charge in [0.15, 0.2) is 0 Å². The molecule has 0 spiro atoms. The van der Waals surface area contributed by atoms with Gasteiger partial charge in [-0.15, -0.1) is 0 Å². The quantitative estimate of drug-likeness (QED) is 0.845. The standard InChI is InChI=1S/C18H28N2O3/c1-18(2,14-21)13-20-10-8-16(9-11-20)19-17(22)23-12-15-6-4-3-5-7-15/h3-7,16,21H,8-14H2,1-2H3,(H,19,22). The largest absolute Gasteiger partial charge is 0.445 e. The Bertz CT molecular complexity index is 482. The molecule has 1 aromatic rings. The van der Waals surface area contributed by atoms with Gasteiger partial charge < -0.3 is 20.1 Å². The van der Waals surface area contributed by atoms with Crippen molar-refractivity contribution in [2.45, 2.75) is 39.3 Å². The Morgan fingerprint density at radius 2 is 1.96 bits per heavy atom. The maximum Gasteiger partial charge on any atom is 0.407 e. The number of likely N-dealkylation sites (tertiary alicyclic amines) is 1. The Labute approximate surface area is 138 Å². The van der Waals surface area contributed by atoms with Gasteiger partial charge in [0.2, 0.25) is 0 Å². The number of alkyl carbamates (subject to hydrolysis) is 1. The van der Waals surface area contributed by atoms with Crippen LogP contribution in [0.15, 0.2) is 30.3 Å². The van der Waals surface area contributed by atoms with Gasteiger partial charge in [-0.25, -0.2) is 4.79 Å². The number of hydrogen-bond donors (Lipinski definition) is 2. The lowest BCUT2D eigenvalue weighted by Crippen LogP contribution is -2.47. The monoisotopic (exact) mass is 320 g/mol. The van der Waals surface area contributed by atoms with E-state index in [0.29, 0.717) is 6.61 Å². The number of nitrogens with one attached hydrogen (secondary N) is 1. The first-order valence-corrected chi connectivity index (χ1v) is 8.29. The van der Waals surface area contributed by atoms with Crippen LogP contribution >= 0.6 is 0 Å². The van der Waals surface area contributed by atoms with Crippen molar-refractivity contribution in [2.24, 2.45) is 5.41 Å². The Balaban J connectivity index is 1.66.